The number of fused-ring (bicyclic) bond motifs is 2. The second-order valence-corrected chi connectivity index (χ2v) is 3.25. The van der Waals surface area contributed by atoms with Gasteiger partial charge in [0.15, 0.2) is 0 Å². The van der Waals surface area contributed by atoms with Gasteiger partial charge in [-0.2, -0.15) is 0 Å². The fourth-order valence-corrected chi connectivity index (χ4v) is 1.83. The van der Waals surface area contributed by atoms with E-state index in [1.165, 1.54) is 11.4 Å². The number of nitrogens with zero attached hydrogens (tertiary/aromatic N) is 2. The summed E-state index contributed by atoms with van der Waals surface area (Å²) in [6.07, 6.45) is 16.8. The van der Waals surface area contributed by atoms with Crippen LogP contribution >= 0.6 is 0 Å². The number of allylic oxidation sites excluding steroid dienone is 6. The van der Waals surface area contributed by atoms with Crippen LogP contribution in [0, 0.1) is 26.6 Å². The van der Waals surface area contributed by atoms with Crippen molar-refractivity contribution in [2.75, 3.05) is 6.67 Å². The van der Waals surface area contributed by atoms with Crippen LogP contribution in [0.4, 0.5) is 0 Å². The molecule has 0 aromatic carbocycles. The van der Waals surface area contributed by atoms with Crippen LogP contribution in [0.5, 0.6) is 0 Å². The topological polar surface area (TPSA) is 86.1 Å². The summed E-state index contributed by atoms with van der Waals surface area (Å²) >= 11 is 0. The number of hydrogen-bond acceptors (Lipinski definition) is 2. The standard InChI is InChI=1S/C11H10N2.4CO/c1-3-7-12-9-13-8-4-2-6-11(13)10(12)5-1;4*1-2/h1-8H,9H2;;;;. The van der Waals surface area contributed by atoms with Gasteiger partial charge >= 0.3 is 45.2 Å². The molecule has 21 heavy (non-hydrogen) atoms. The van der Waals surface area contributed by atoms with Gasteiger partial charge in [0.25, 0.3) is 0 Å². The predicted molar refractivity (Wildman–Crippen MR) is 67.8 cm³/mol. The third-order valence-corrected chi connectivity index (χ3v) is 2.45. The molecule has 0 atom stereocenters. The van der Waals surface area contributed by atoms with Crippen molar-refractivity contribution in [1.82, 2.24) is 9.80 Å². The predicted octanol–water partition coefficient (Wildman–Crippen LogP) is 1.79. The van der Waals surface area contributed by atoms with Crippen LogP contribution in [0.3, 0.4) is 0 Å². The number of rotatable bonds is 0. The van der Waals surface area contributed by atoms with Gasteiger partial charge in [0.1, 0.15) is 0 Å². The molecule has 0 bridgehead atoms. The summed E-state index contributed by atoms with van der Waals surface area (Å²) in [5.41, 5.74) is 2.59. The van der Waals surface area contributed by atoms with E-state index >= 15 is 0 Å². The van der Waals surface area contributed by atoms with Crippen LogP contribution in [-0.2, 0) is 18.6 Å². The molecule has 0 spiro atoms. The normalized spacial score (nSPS) is 14.5. The average Bonchev–Trinajstić information content (AvgIpc) is 3.01. The Balaban J connectivity index is 0. The zero-order valence-electron chi connectivity index (χ0n) is 10.9. The van der Waals surface area contributed by atoms with E-state index in [1.54, 1.807) is 0 Å². The molecule has 6 heteroatoms. The van der Waals surface area contributed by atoms with Crippen molar-refractivity contribution in [2.24, 2.45) is 0 Å². The molecule has 3 rings (SSSR count). The molecule has 3 heterocycles. The van der Waals surface area contributed by atoms with Crippen LogP contribution in [0.1, 0.15) is 0 Å². The molecule has 6 nitrogen and oxygen atoms in total. The summed E-state index contributed by atoms with van der Waals surface area (Å²) in [4.78, 5) is 4.49. The van der Waals surface area contributed by atoms with Crippen molar-refractivity contribution in [3.8, 4) is 0 Å². The fourth-order valence-electron chi connectivity index (χ4n) is 1.83. The monoisotopic (exact) mass is 282 g/mol. The van der Waals surface area contributed by atoms with Gasteiger partial charge in [-0.25, -0.2) is 0 Å². The Labute approximate surface area is 122 Å². The first-order chi connectivity index (χ1) is 10.4. The van der Waals surface area contributed by atoms with Crippen LogP contribution in [0.25, 0.3) is 0 Å². The van der Waals surface area contributed by atoms with Gasteiger partial charge in [-0.15, -0.1) is 0 Å². The molecule has 104 valence electrons. The second-order valence-electron chi connectivity index (χ2n) is 3.25. The van der Waals surface area contributed by atoms with Crippen molar-refractivity contribution in [2.45, 2.75) is 0 Å². The zero-order valence-corrected chi connectivity index (χ0v) is 10.9. The first-order valence-corrected chi connectivity index (χ1v) is 5.24. The van der Waals surface area contributed by atoms with E-state index in [0.717, 1.165) is 6.67 Å². The molecule has 0 aromatic heterocycles. The van der Waals surface area contributed by atoms with Crippen molar-refractivity contribution in [3.63, 3.8) is 0 Å². The minimum atomic E-state index is 0.937. The van der Waals surface area contributed by atoms with Gasteiger partial charge in [-0.05, 0) is 24.3 Å². The van der Waals surface area contributed by atoms with Gasteiger partial charge in [-0.1, -0.05) is 12.2 Å². The third-order valence-electron chi connectivity index (χ3n) is 2.45. The molecule has 0 amide bonds. The minimum absolute atomic E-state index is 0.937. The molecule has 0 saturated carbocycles. The molecular formula is C15H10N2O4. The molecule has 3 aliphatic heterocycles. The Kier molecular flexibility index (Phi) is 13.4. The van der Waals surface area contributed by atoms with Gasteiger partial charge < -0.3 is 9.80 Å². The average molecular weight is 282 g/mol. The van der Waals surface area contributed by atoms with Crippen LogP contribution < -0.4 is 0 Å². The van der Waals surface area contributed by atoms with E-state index in [9.17, 15) is 0 Å². The summed E-state index contributed by atoms with van der Waals surface area (Å²) < 4.78 is 30.0. The van der Waals surface area contributed by atoms with E-state index in [0.29, 0.717) is 0 Å². The molecule has 0 radical (unpaired) electrons. The molecule has 0 fully saturated rings. The zero-order chi connectivity index (χ0) is 16.7. The molecule has 0 aliphatic carbocycles. The van der Waals surface area contributed by atoms with Crippen LogP contribution in [-0.4, -0.2) is 16.5 Å². The van der Waals surface area contributed by atoms with E-state index in [4.69, 9.17) is 18.6 Å². The second kappa shape index (κ2) is 13.7. The first-order valence-electron chi connectivity index (χ1n) is 5.24. The van der Waals surface area contributed by atoms with Gasteiger partial charge in [0.05, 0.1) is 18.1 Å². The third kappa shape index (κ3) is 5.41. The Hall–Kier alpha value is -2.74. The molecule has 0 unspecified atom stereocenters. The Bertz CT molecular complexity index is 485. The van der Waals surface area contributed by atoms with E-state index < -0.39 is 0 Å². The maximum absolute atomic E-state index is 7.50. The Morgan fingerprint density at radius 2 is 0.952 bits per heavy atom. The van der Waals surface area contributed by atoms with Gasteiger partial charge in [0.2, 0.25) is 0 Å². The molecular weight excluding hydrogens is 272 g/mol. The van der Waals surface area contributed by atoms with E-state index in [-0.39, 0.29) is 0 Å². The summed E-state index contributed by atoms with van der Waals surface area (Å²) in [5, 5.41) is 0. The first kappa shape index (κ1) is 20.6. The SMILES string of the molecule is C1=CC2=C3C=CC=CN3CN2C=C1.[C-]#[O+].[C-]#[O+].[C-]#[O+].[C-]#[O+]. The van der Waals surface area contributed by atoms with Crippen LogP contribution in [0.15, 0.2) is 60.3 Å². The summed E-state index contributed by atoms with van der Waals surface area (Å²) in [6, 6.07) is 0. The maximum atomic E-state index is 7.50. The van der Waals surface area contributed by atoms with Crippen molar-refractivity contribution in [3.05, 3.63) is 86.9 Å². The van der Waals surface area contributed by atoms with Crippen molar-refractivity contribution in [1.29, 1.82) is 0 Å². The summed E-state index contributed by atoms with van der Waals surface area (Å²) in [7, 11) is 0. The van der Waals surface area contributed by atoms with Gasteiger partial charge in [-0.3, -0.25) is 0 Å². The fraction of sp³-hybridized carbons (Fsp3) is 0.0667. The van der Waals surface area contributed by atoms with Crippen molar-refractivity contribution < 1.29 is 18.6 Å². The van der Waals surface area contributed by atoms with Crippen molar-refractivity contribution >= 4 is 0 Å². The molecule has 0 aromatic rings. The summed E-state index contributed by atoms with van der Waals surface area (Å²) in [5.74, 6) is 0. The molecule has 3 aliphatic rings. The van der Waals surface area contributed by atoms with Gasteiger partial charge in [0, 0.05) is 12.4 Å². The Morgan fingerprint density at radius 1 is 0.619 bits per heavy atom. The van der Waals surface area contributed by atoms with E-state index in [1.807, 2.05) is 0 Å². The molecule has 0 saturated heterocycles. The Morgan fingerprint density at radius 3 is 1.29 bits per heavy atom. The summed E-state index contributed by atoms with van der Waals surface area (Å²) in [6.45, 7) is 18.9. The number of hydrogen-bond donors (Lipinski definition) is 0. The van der Waals surface area contributed by atoms with Crippen LogP contribution in [0.2, 0.25) is 0 Å². The van der Waals surface area contributed by atoms with E-state index in [2.05, 4.69) is 85.3 Å². The molecule has 0 N–H and O–H groups in total. The quantitative estimate of drug-likeness (QED) is 0.501.